The van der Waals surface area contributed by atoms with Gasteiger partial charge in [-0.2, -0.15) is 9.37 Å². The maximum absolute atomic E-state index is 13.3. The molecule has 0 fully saturated rings. The van der Waals surface area contributed by atoms with Crippen LogP contribution in [0.15, 0.2) is 6.07 Å². The first-order valence-electron chi connectivity index (χ1n) is 5.29. The van der Waals surface area contributed by atoms with Crippen molar-refractivity contribution in [2.75, 3.05) is 18.5 Å². The molecular weight excluding hydrogens is 217 g/mol. The van der Waals surface area contributed by atoms with Crippen LogP contribution in [0.4, 0.5) is 19.0 Å². The summed E-state index contributed by atoms with van der Waals surface area (Å²) in [6, 6.07) is 0.522. The van der Waals surface area contributed by atoms with Crippen LogP contribution in [-0.2, 0) is 0 Å². The number of hydrogen-bond acceptors (Lipinski definition) is 2. The van der Waals surface area contributed by atoms with Crippen LogP contribution >= 0.6 is 0 Å². The molecule has 0 aromatic carbocycles. The van der Waals surface area contributed by atoms with Crippen molar-refractivity contribution in [1.82, 2.24) is 4.98 Å². The first-order chi connectivity index (χ1) is 7.56. The summed E-state index contributed by atoms with van der Waals surface area (Å²) in [5.74, 6) is -3.50. The molecule has 5 heteroatoms. The third-order valence-corrected chi connectivity index (χ3v) is 2.33. The Labute approximate surface area is 93.1 Å². The Morgan fingerprint density at radius 1 is 1.19 bits per heavy atom. The lowest BCUT2D eigenvalue weighted by Crippen LogP contribution is -2.21. The molecular formula is C11H15F3N2. The lowest BCUT2D eigenvalue weighted by atomic mass is 10.2. The molecule has 0 aliphatic carbocycles. The predicted octanol–water partition coefficient (Wildman–Crippen LogP) is 3.13. The number of rotatable bonds is 5. The summed E-state index contributed by atoms with van der Waals surface area (Å²) >= 11 is 0. The standard InChI is InChI=1S/C11H15F3N2/c1-3-4-5-6-16(2)11-9(13)7-8(12)10(14)15-11/h7H,3-6H2,1-2H3. The van der Waals surface area contributed by atoms with Gasteiger partial charge in [0, 0.05) is 19.7 Å². The predicted molar refractivity (Wildman–Crippen MR) is 56.9 cm³/mol. The van der Waals surface area contributed by atoms with Crippen molar-refractivity contribution in [3.63, 3.8) is 0 Å². The summed E-state index contributed by atoms with van der Waals surface area (Å²) in [5, 5.41) is 0. The van der Waals surface area contributed by atoms with Crippen molar-refractivity contribution >= 4 is 5.82 Å². The van der Waals surface area contributed by atoms with Gasteiger partial charge in [-0.05, 0) is 6.42 Å². The molecule has 0 atom stereocenters. The summed E-state index contributed by atoms with van der Waals surface area (Å²) in [4.78, 5) is 4.75. The highest BCUT2D eigenvalue weighted by molar-refractivity contribution is 5.38. The fraction of sp³-hybridized carbons (Fsp3) is 0.545. The lowest BCUT2D eigenvalue weighted by Gasteiger charge is -2.18. The minimum Gasteiger partial charge on any atom is -0.357 e. The van der Waals surface area contributed by atoms with Crippen LogP contribution in [-0.4, -0.2) is 18.6 Å². The Kier molecular flexibility index (Phi) is 4.58. The molecule has 1 rings (SSSR count). The van der Waals surface area contributed by atoms with Gasteiger partial charge >= 0.3 is 0 Å². The highest BCUT2D eigenvalue weighted by Crippen LogP contribution is 2.18. The van der Waals surface area contributed by atoms with E-state index >= 15 is 0 Å². The molecule has 0 amide bonds. The van der Waals surface area contributed by atoms with Gasteiger partial charge in [0.25, 0.3) is 5.95 Å². The fourth-order valence-corrected chi connectivity index (χ4v) is 1.41. The summed E-state index contributed by atoms with van der Waals surface area (Å²) in [6.45, 7) is 2.62. The van der Waals surface area contributed by atoms with Crippen LogP contribution in [0.25, 0.3) is 0 Å². The normalized spacial score (nSPS) is 10.6. The van der Waals surface area contributed by atoms with Crippen molar-refractivity contribution in [2.45, 2.75) is 26.2 Å². The van der Waals surface area contributed by atoms with Crippen molar-refractivity contribution in [1.29, 1.82) is 0 Å². The molecule has 90 valence electrons. The van der Waals surface area contributed by atoms with E-state index in [0.29, 0.717) is 12.6 Å². The van der Waals surface area contributed by atoms with E-state index in [-0.39, 0.29) is 5.82 Å². The summed E-state index contributed by atoms with van der Waals surface area (Å²) in [6.07, 6.45) is 2.92. The van der Waals surface area contributed by atoms with Crippen molar-refractivity contribution in [2.24, 2.45) is 0 Å². The van der Waals surface area contributed by atoms with Crippen molar-refractivity contribution in [3.05, 3.63) is 23.6 Å². The van der Waals surface area contributed by atoms with E-state index in [1.54, 1.807) is 7.05 Å². The third kappa shape index (κ3) is 3.12. The third-order valence-electron chi connectivity index (χ3n) is 2.33. The molecule has 0 aliphatic rings. The SMILES string of the molecule is CCCCCN(C)c1nc(F)c(F)cc1F. The Balaban J connectivity index is 2.75. The van der Waals surface area contributed by atoms with E-state index < -0.39 is 17.6 Å². The monoisotopic (exact) mass is 232 g/mol. The minimum absolute atomic E-state index is 0.144. The molecule has 0 N–H and O–H groups in total. The van der Waals surface area contributed by atoms with Crippen LogP contribution in [0.3, 0.4) is 0 Å². The largest absolute Gasteiger partial charge is 0.357 e. The van der Waals surface area contributed by atoms with Crippen LogP contribution in [0.2, 0.25) is 0 Å². The molecule has 0 aliphatic heterocycles. The van der Waals surface area contributed by atoms with E-state index in [0.717, 1.165) is 19.3 Å². The van der Waals surface area contributed by atoms with Crippen LogP contribution in [0.5, 0.6) is 0 Å². The fourth-order valence-electron chi connectivity index (χ4n) is 1.41. The Hall–Kier alpha value is -1.26. The van der Waals surface area contributed by atoms with Crippen LogP contribution in [0.1, 0.15) is 26.2 Å². The zero-order valence-electron chi connectivity index (χ0n) is 9.43. The molecule has 16 heavy (non-hydrogen) atoms. The molecule has 0 spiro atoms. The molecule has 1 aromatic heterocycles. The first-order valence-corrected chi connectivity index (χ1v) is 5.29. The molecule has 1 aromatic rings. The number of halogens is 3. The molecule has 0 unspecified atom stereocenters. The highest BCUT2D eigenvalue weighted by atomic mass is 19.2. The van der Waals surface area contributed by atoms with E-state index in [1.807, 2.05) is 0 Å². The summed E-state index contributed by atoms with van der Waals surface area (Å²) in [7, 11) is 1.61. The van der Waals surface area contributed by atoms with Gasteiger partial charge in [0.15, 0.2) is 17.5 Å². The molecule has 2 nitrogen and oxygen atoms in total. The summed E-state index contributed by atoms with van der Waals surface area (Å²) in [5.41, 5.74) is 0. The number of hydrogen-bond donors (Lipinski definition) is 0. The van der Waals surface area contributed by atoms with E-state index in [4.69, 9.17) is 0 Å². The maximum Gasteiger partial charge on any atom is 0.251 e. The number of aromatic nitrogens is 1. The van der Waals surface area contributed by atoms with Gasteiger partial charge in [0.1, 0.15) is 0 Å². The van der Waals surface area contributed by atoms with Gasteiger partial charge in [-0.1, -0.05) is 19.8 Å². The zero-order valence-corrected chi connectivity index (χ0v) is 9.43. The van der Waals surface area contributed by atoms with Gasteiger partial charge in [0.2, 0.25) is 0 Å². The van der Waals surface area contributed by atoms with Gasteiger partial charge in [0.05, 0.1) is 0 Å². The quantitative estimate of drug-likeness (QED) is 0.572. The molecule has 1 heterocycles. The number of anilines is 1. The second kappa shape index (κ2) is 5.72. The van der Waals surface area contributed by atoms with Gasteiger partial charge in [-0.15, -0.1) is 0 Å². The summed E-state index contributed by atoms with van der Waals surface area (Å²) < 4.78 is 38.7. The van der Waals surface area contributed by atoms with Crippen molar-refractivity contribution < 1.29 is 13.2 Å². The van der Waals surface area contributed by atoms with E-state index in [2.05, 4.69) is 11.9 Å². The molecule has 0 saturated carbocycles. The Morgan fingerprint density at radius 3 is 2.50 bits per heavy atom. The smallest absolute Gasteiger partial charge is 0.251 e. The second-order valence-corrected chi connectivity index (χ2v) is 3.70. The first kappa shape index (κ1) is 12.8. The Bertz CT molecular complexity index is 355. The topological polar surface area (TPSA) is 16.1 Å². The number of nitrogens with zero attached hydrogens (tertiary/aromatic N) is 2. The second-order valence-electron chi connectivity index (χ2n) is 3.70. The molecule has 0 saturated heterocycles. The highest BCUT2D eigenvalue weighted by Gasteiger charge is 2.14. The van der Waals surface area contributed by atoms with Gasteiger partial charge < -0.3 is 4.90 Å². The number of unbranched alkanes of at least 4 members (excludes halogenated alkanes) is 2. The molecule has 0 radical (unpaired) electrons. The van der Waals surface area contributed by atoms with Crippen molar-refractivity contribution in [3.8, 4) is 0 Å². The lowest BCUT2D eigenvalue weighted by molar-refractivity contribution is 0.463. The Morgan fingerprint density at radius 2 is 1.88 bits per heavy atom. The van der Waals surface area contributed by atoms with E-state index in [9.17, 15) is 13.2 Å². The average molecular weight is 232 g/mol. The number of pyridine rings is 1. The van der Waals surface area contributed by atoms with Crippen LogP contribution in [0, 0.1) is 17.6 Å². The minimum atomic E-state index is -1.27. The van der Waals surface area contributed by atoms with Gasteiger partial charge in [-0.3, -0.25) is 0 Å². The van der Waals surface area contributed by atoms with Crippen LogP contribution < -0.4 is 4.90 Å². The average Bonchev–Trinajstić information content (AvgIpc) is 2.23. The molecule has 0 bridgehead atoms. The maximum atomic E-state index is 13.3. The zero-order chi connectivity index (χ0) is 12.1. The van der Waals surface area contributed by atoms with E-state index in [1.165, 1.54) is 4.90 Å². The van der Waals surface area contributed by atoms with Gasteiger partial charge in [-0.25, -0.2) is 8.78 Å².